The molecule has 0 aliphatic rings. The molecule has 21 heavy (non-hydrogen) atoms. The van der Waals surface area contributed by atoms with E-state index in [2.05, 4.69) is 15.5 Å². The highest BCUT2D eigenvalue weighted by Gasteiger charge is 2.19. The molecule has 0 radical (unpaired) electrons. The van der Waals surface area contributed by atoms with Crippen molar-refractivity contribution in [1.29, 1.82) is 0 Å². The van der Waals surface area contributed by atoms with Crippen molar-refractivity contribution in [2.45, 2.75) is 6.92 Å². The summed E-state index contributed by atoms with van der Waals surface area (Å²) in [5.74, 6) is -0.634. The van der Waals surface area contributed by atoms with E-state index in [0.717, 1.165) is 5.56 Å². The van der Waals surface area contributed by atoms with Gasteiger partial charge in [0.25, 0.3) is 11.6 Å². The average Bonchev–Trinajstić information content (AvgIpc) is 2.47. The molecule has 1 N–H and O–H groups in total. The number of carbonyl (C=O) groups is 1. The van der Waals surface area contributed by atoms with Gasteiger partial charge in [-0.05, 0) is 24.6 Å². The van der Waals surface area contributed by atoms with Gasteiger partial charge in [-0.2, -0.15) is 5.10 Å². The van der Waals surface area contributed by atoms with E-state index in [1.807, 2.05) is 0 Å². The van der Waals surface area contributed by atoms with E-state index >= 15 is 0 Å². The van der Waals surface area contributed by atoms with Gasteiger partial charge < -0.3 is 0 Å². The maximum atomic E-state index is 12.0. The summed E-state index contributed by atoms with van der Waals surface area (Å²) in [6.45, 7) is 1.75. The summed E-state index contributed by atoms with van der Waals surface area (Å²) in [5, 5.41) is 14.7. The molecule has 7 heteroatoms. The van der Waals surface area contributed by atoms with Crippen molar-refractivity contribution >= 4 is 17.8 Å². The lowest BCUT2D eigenvalue weighted by Gasteiger charge is -2.02. The molecule has 0 atom stereocenters. The van der Waals surface area contributed by atoms with E-state index in [4.69, 9.17) is 0 Å². The molecular weight excluding hydrogens is 272 g/mol. The van der Waals surface area contributed by atoms with E-state index in [9.17, 15) is 14.9 Å². The van der Waals surface area contributed by atoms with Crippen molar-refractivity contribution in [2.75, 3.05) is 0 Å². The monoisotopic (exact) mass is 284 g/mol. The van der Waals surface area contributed by atoms with Crippen LogP contribution in [0.3, 0.4) is 0 Å². The minimum Gasteiger partial charge on any atom is -0.267 e. The Morgan fingerprint density at radius 2 is 2.24 bits per heavy atom. The van der Waals surface area contributed by atoms with Crippen molar-refractivity contribution in [1.82, 2.24) is 10.4 Å². The Balaban J connectivity index is 2.15. The SMILES string of the molecule is Cc1ccc([N+](=O)[O-])c(C(=O)N/N=C\c2cccnc2)c1. The van der Waals surface area contributed by atoms with Crippen LogP contribution in [-0.2, 0) is 0 Å². The van der Waals surface area contributed by atoms with Gasteiger partial charge in [-0.3, -0.25) is 19.9 Å². The van der Waals surface area contributed by atoms with Crippen LogP contribution in [0, 0.1) is 17.0 Å². The number of hydrazone groups is 1. The Bertz CT molecular complexity index is 699. The third-order valence-electron chi connectivity index (χ3n) is 2.66. The summed E-state index contributed by atoms with van der Waals surface area (Å²) in [5.41, 5.74) is 3.45. The number of nitrogens with one attached hydrogen (secondary N) is 1. The molecule has 1 heterocycles. The van der Waals surface area contributed by atoms with Crippen molar-refractivity contribution < 1.29 is 9.72 Å². The van der Waals surface area contributed by atoms with Gasteiger partial charge in [0.1, 0.15) is 5.56 Å². The number of aryl methyl sites for hydroxylation is 1. The molecule has 0 saturated carbocycles. The predicted octanol–water partition coefficient (Wildman–Crippen LogP) is 2.06. The van der Waals surface area contributed by atoms with Crippen molar-refractivity contribution in [3.8, 4) is 0 Å². The van der Waals surface area contributed by atoms with Crippen molar-refractivity contribution in [3.05, 3.63) is 69.5 Å². The summed E-state index contributed by atoms with van der Waals surface area (Å²) in [6.07, 6.45) is 4.60. The van der Waals surface area contributed by atoms with Crippen LogP contribution in [-0.4, -0.2) is 22.0 Å². The second-order valence-corrected chi connectivity index (χ2v) is 4.26. The highest BCUT2D eigenvalue weighted by atomic mass is 16.6. The predicted molar refractivity (Wildman–Crippen MR) is 77.1 cm³/mol. The zero-order valence-electron chi connectivity index (χ0n) is 11.2. The fraction of sp³-hybridized carbons (Fsp3) is 0.0714. The molecule has 0 unspecified atom stereocenters. The Hall–Kier alpha value is -3.09. The van der Waals surface area contributed by atoms with E-state index in [1.54, 1.807) is 37.5 Å². The summed E-state index contributed by atoms with van der Waals surface area (Å²) < 4.78 is 0. The van der Waals surface area contributed by atoms with Crippen LogP contribution in [0.15, 0.2) is 47.8 Å². The molecule has 1 amide bonds. The van der Waals surface area contributed by atoms with Crippen LogP contribution >= 0.6 is 0 Å². The van der Waals surface area contributed by atoms with Gasteiger partial charge in [-0.1, -0.05) is 12.1 Å². The fourth-order valence-electron chi connectivity index (χ4n) is 1.67. The highest BCUT2D eigenvalue weighted by molar-refractivity contribution is 5.98. The summed E-state index contributed by atoms with van der Waals surface area (Å²) >= 11 is 0. The average molecular weight is 284 g/mol. The normalized spacial score (nSPS) is 10.5. The van der Waals surface area contributed by atoms with Gasteiger partial charge in [0, 0.05) is 24.0 Å². The maximum absolute atomic E-state index is 12.0. The van der Waals surface area contributed by atoms with Crippen LogP contribution in [0.1, 0.15) is 21.5 Å². The molecule has 0 bridgehead atoms. The Kier molecular flexibility index (Phi) is 4.35. The molecule has 0 fully saturated rings. The number of amides is 1. The number of hydrogen-bond donors (Lipinski definition) is 1. The maximum Gasteiger partial charge on any atom is 0.282 e. The first-order valence-corrected chi connectivity index (χ1v) is 6.06. The lowest BCUT2D eigenvalue weighted by molar-refractivity contribution is -0.385. The minimum absolute atomic E-state index is 0.0247. The van der Waals surface area contributed by atoms with Crippen molar-refractivity contribution in [3.63, 3.8) is 0 Å². The van der Waals surface area contributed by atoms with Gasteiger partial charge in [0.05, 0.1) is 11.1 Å². The van der Waals surface area contributed by atoms with Crippen LogP contribution < -0.4 is 5.43 Å². The highest BCUT2D eigenvalue weighted by Crippen LogP contribution is 2.19. The number of pyridine rings is 1. The summed E-state index contributed by atoms with van der Waals surface area (Å²) in [7, 11) is 0. The lowest BCUT2D eigenvalue weighted by atomic mass is 10.1. The van der Waals surface area contributed by atoms with E-state index in [1.165, 1.54) is 18.3 Å². The molecule has 0 aliphatic heterocycles. The second kappa shape index (κ2) is 6.38. The molecule has 1 aromatic heterocycles. The molecule has 7 nitrogen and oxygen atoms in total. The summed E-state index contributed by atoms with van der Waals surface area (Å²) in [6, 6.07) is 7.82. The van der Waals surface area contributed by atoms with E-state index < -0.39 is 10.8 Å². The zero-order valence-corrected chi connectivity index (χ0v) is 11.2. The van der Waals surface area contributed by atoms with Gasteiger partial charge in [-0.15, -0.1) is 0 Å². The van der Waals surface area contributed by atoms with E-state index in [0.29, 0.717) is 5.56 Å². The van der Waals surface area contributed by atoms with Gasteiger partial charge >= 0.3 is 0 Å². The molecule has 0 saturated heterocycles. The van der Waals surface area contributed by atoms with Crippen LogP contribution in [0.25, 0.3) is 0 Å². The largest absolute Gasteiger partial charge is 0.282 e. The number of nitrogens with zero attached hydrogens (tertiary/aromatic N) is 3. The second-order valence-electron chi connectivity index (χ2n) is 4.26. The molecule has 0 aliphatic carbocycles. The molecular formula is C14H12N4O3. The fourth-order valence-corrected chi connectivity index (χ4v) is 1.67. The standard InChI is InChI=1S/C14H12N4O3/c1-10-4-5-13(18(20)21)12(7-10)14(19)17-16-9-11-3-2-6-15-8-11/h2-9H,1H3,(H,17,19)/b16-9-. The first-order chi connectivity index (χ1) is 10.1. The Morgan fingerprint density at radius 1 is 1.43 bits per heavy atom. The van der Waals surface area contributed by atoms with Crippen LogP contribution in [0.2, 0.25) is 0 Å². The van der Waals surface area contributed by atoms with Gasteiger partial charge in [0.2, 0.25) is 0 Å². The van der Waals surface area contributed by atoms with Gasteiger partial charge in [0.15, 0.2) is 0 Å². The number of aromatic nitrogens is 1. The first kappa shape index (κ1) is 14.3. The molecule has 2 aromatic rings. The zero-order chi connectivity index (χ0) is 15.2. The molecule has 106 valence electrons. The van der Waals surface area contributed by atoms with Crippen LogP contribution in [0.5, 0.6) is 0 Å². The van der Waals surface area contributed by atoms with E-state index in [-0.39, 0.29) is 11.3 Å². The number of hydrogen-bond acceptors (Lipinski definition) is 5. The quantitative estimate of drug-likeness (QED) is 0.528. The molecule has 2 rings (SSSR count). The third kappa shape index (κ3) is 3.69. The van der Waals surface area contributed by atoms with Gasteiger partial charge in [-0.25, -0.2) is 5.43 Å². The number of rotatable bonds is 4. The smallest absolute Gasteiger partial charge is 0.267 e. The van der Waals surface area contributed by atoms with Crippen LogP contribution in [0.4, 0.5) is 5.69 Å². The molecule has 1 aromatic carbocycles. The summed E-state index contributed by atoms with van der Waals surface area (Å²) in [4.78, 5) is 26.2. The minimum atomic E-state index is -0.634. The Labute approximate surface area is 120 Å². The molecule has 0 spiro atoms. The van der Waals surface area contributed by atoms with Crippen molar-refractivity contribution in [2.24, 2.45) is 5.10 Å². The third-order valence-corrected chi connectivity index (χ3v) is 2.66. The number of nitro groups is 1. The Morgan fingerprint density at radius 3 is 2.90 bits per heavy atom. The number of nitro benzene ring substituents is 1. The topological polar surface area (TPSA) is 97.5 Å². The first-order valence-electron chi connectivity index (χ1n) is 6.06. The number of benzene rings is 1. The lowest BCUT2D eigenvalue weighted by Crippen LogP contribution is -2.19. The number of carbonyl (C=O) groups excluding carboxylic acids is 1.